The third-order valence-corrected chi connectivity index (χ3v) is 2.57. The average molecular weight is 247 g/mol. The Labute approximate surface area is 109 Å². The average Bonchev–Trinajstić information content (AvgIpc) is 2.42. The minimum atomic E-state index is -0.298. The number of aliphatic imine (C=N–C) groups is 1. The van der Waals surface area contributed by atoms with Crippen LogP contribution in [-0.2, 0) is 4.74 Å². The fourth-order valence-corrected chi connectivity index (χ4v) is 1.54. The molecule has 18 heavy (non-hydrogen) atoms. The largest absolute Gasteiger partial charge is 0.456 e. The first-order valence-electron chi connectivity index (χ1n) is 6.55. The zero-order chi connectivity index (χ0) is 13.1. The molecule has 1 aromatic rings. The van der Waals surface area contributed by atoms with Gasteiger partial charge in [0.1, 0.15) is 6.61 Å². The van der Waals surface area contributed by atoms with E-state index in [1.54, 1.807) is 18.3 Å². The van der Waals surface area contributed by atoms with Crippen molar-refractivity contribution in [2.45, 2.75) is 32.6 Å². The maximum atomic E-state index is 11.5. The second-order valence-electron chi connectivity index (χ2n) is 4.11. The Morgan fingerprint density at radius 2 is 2.00 bits per heavy atom. The van der Waals surface area contributed by atoms with E-state index in [1.165, 1.54) is 19.3 Å². The molecule has 0 unspecified atom stereocenters. The highest BCUT2D eigenvalue weighted by atomic mass is 16.5. The van der Waals surface area contributed by atoms with E-state index in [-0.39, 0.29) is 12.6 Å². The predicted molar refractivity (Wildman–Crippen MR) is 74.2 cm³/mol. The first-order chi connectivity index (χ1) is 8.84. The Balaban J connectivity index is 2.10. The number of esters is 1. The maximum Gasteiger partial charge on any atom is 0.338 e. The minimum Gasteiger partial charge on any atom is -0.456 e. The molecule has 0 N–H and O–H groups in total. The monoisotopic (exact) mass is 247 g/mol. The summed E-state index contributed by atoms with van der Waals surface area (Å²) in [5.41, 5.74) is 0.578. The van der Waals surface area contributed by atoms with Crippen molar-refractivity contribution in [2.24, 2.45) is 4.99 Å². The van der Waals surface area contributed by atoms with Crippen LogP contribution in [-0.4, -0.2) is 25.3 Å². The molecular formula is C15H21NO2. The lowest BCUT2D eigenvalue weighted by molar-refractivity contribution is 0.0567. The van der Waals surface area contributed by atoms with Gasteiger partial charge in [-0.1, -0.05) is 44.4 Å². The van der Waals surface area contributed by atoms with Gasteiger partial charge in [-0.3, -0.25) is 4.99 Å². The van der Waals surface area contributed by atoms with E-state index in [1.807, 2.05) is 18.2 Å². The predicted octanol–water partition coefficient (Wildman–Crippen LogP) is 3.49. The van der Waals surface area contributed by atoms with Crippen LogP contribution in [0, 0.1) is 0 Å². The van der Waals surface area contributed by atoms with Crippen molar-refractivity contribution >= 4 is 12.2 Å². The summed E-state index contributed by atoms with van der Waals surface area (Å²) in [6, 6.07) is 8.99. The van der Waals surface area contributed by atoms with Gasteiger partial charge in [-0.05, 0) is 18.6 Å². The standard InChI is InChI=1S/C15H21NO2/c1-2-3-4-8-11-16-12-13-18-15(17)14-9-6-5-7-10-14/h5-7,9-10,12H,2-4,8,11,13H2,1H3. The van der Waals surface area contributed by atoms with Crippen molar-refractivity contribution in [1.29, 1.82) is 0 Å². The molecule has 0 saturated heterocycles. The maximum absolute atomic E-state index is 11.5. The molecule has 0 aliphatic heterocycles. The van der Waals surface area contributed by atoms with Crippen molar-refractivity contribution < 1.29 is 9.53 Å². The third-order valence-electron chi connectivity index (χ3n) is 2.57. The van der Waals surface area contributed by atoms with Gasteiger partial charge in [0, 0.05) is 12.8 Å². The molecule has 1 rings (SSSR count). The summed E-state index contributed by atoms with van der Waals surface area (Å²) >= 11 is 0. The summed E-state index contributed by atoms with van der Waals surface area (Å²) < 4.78 is 5.07. The van der Waals surface area contributed by atoms with E-state index >= 15 is 0 Å². The van der Waals surface area contributed by atoms with Crippen molar-refractivity contribution in [1.82, 2.24) is 0 Å². The van der Waals surface area contributed by atoms with Gasteiger partial charge in [-0.2, -0.15) is 0 Å². The molecule has 0 spiro atoms. The summed E-state index contributed by atoms with van der Waals surface area (Å²) in [5.74, 6) is -0.298. The van der Waals surface area contributed by atoms with Gasteiger partial charge in [-0.25, -0.2) is 4.79 Å². The molecule has 0 aliphatic carbocycles. The Morgan fingerprint density at radius 3 is 2.72 bits per heavy atom. The molecule has 0 aliphatic rings. The molecule has 0 fully saturated rings. The molecule has 98 valence electrons. The molecule has 0 radical (unpaired) electrons. The number of carbonyl (C=O) groups is 1. The summed E-state index contributed by atoms with van der Waals surface area (Å²) in [4.78, 5) is 15.7. The normalized spacial score (nSPS) is 10.7. The number of hydrogen-bond acceptors (Lipinski definition) is 3. The molecule has 0 amide bonds. The first kappa shape index (κ1) is 14.4. The quantitative estimate of drug-likeness (QED) is 0.400. The van der Waals surface area contributed by atoms with Crippen LogP contribution >= 0.6 is 0 Å². The number of unbranched alkanes of at least 4 members (excludes halogenated alkanes) is 3. The molecule has 3 heteroatoms. The van der Waals surface area contributed by atoms with Gasteiger partial charge in [-0.15, -0.1) is 0 Å². The van der Waals surface area contributed by atoms with Crippen LogP contribution in [0.15, 0.2) is 35.3 Å². The van der Waals surface area contributed by atoms with Crippen LogP contribution < -0.4 is 0 Å². The van der Waals surface area contributed by atoms with E-state index < -0.39 is 0 Å². The zero-order valence-electron chi connectivity index (χ0n) is 11.0. The van der Waals surface area contributed by atoms with E-state index in [4.69, 9.17) is 4.74 Å². The first-order valence-corrected chi connectivity index (χ1v) is 6.55. The van der Waals surface area contributed by atoms with Crippen LogP contribution in [0.5, 0.6) is 0 Å². The highest BCUT2D eigenvalue weighted by molar-refractivity contribution is 5.90. The van der Waals surface area contributed by atoms with Crippen LogP contribution in [0.2, 0.25) is 0 Å². The molecule has 3 nitrogen and oxygen atoms in total. The molecule has 1 aromatic carbocycles. The topological polar surface area (TPSA) is 38.7 Å². The highest BCUT2D eigenvalue weighted by Crippen LogP contribution is 2.00. The number of rotatable bonds is 8. The van der Waals surface area contributed by atoms with E-state index in [2.05, 4.69) is 11.9 Å². The van der Waals surface area contributed by atoms with E-state index in [9.17, 15) is 4.79 Å². The summed E-state index contributed by atoms with van der Waals surface area (Å²) in [7, 11) is 0. The lowest BCUT2D eigenvalue weighted by Gasteiger charge is -2.00. The fourth-order valence-electron chi connectivity index (χ4n) is 1.54. The Morgan fingerprint density at radius 1 is 1.22 bits per heavy atom. The van der Waals surface area contributed by atoms with E-state index in [0.717, 1.165) is 13.0 Å². The third kappa shape index (κ3) is 6.18. The number of nitrogens with zero attached hydrogens (tertiary/aromatic N) is 1. The van der Waals surface area contributed by atoms with Crippen molar-refractivity contribution in [3.63, 3.8) is 0 Å². The van der Waals surface area contributed by atoms with Gasteiger partial charge in [0.05, 0.1) is 5.56 Å². The molecule has 0 bridgehead atoms. The lowest BCUT2D eigenvalue weighted by Crippen LogP contribution is -2.06. The van der Waals surface area contributed by atoms with Crippen LogP contribution in [0.25, 0.3) is 0 Å². The molecule has 0 saturated carbocycles. The second-order valence-corrected chi connectivity index (χ2v) is 4.11. The number of carbonyl (C=O) groups excluding carboxylic acids is 1. The number of ether oxygens (including phenoxy) is 1. The van der Waals surface area contributed by atoms with Crippen LogP contribution in [0.1, 0.15) is 43.0 Å². The van der Waals surface area contributed by atoms with Gasteiger partial charge in [0.25, 0.3) is 0 Å². The van der Waals surface area contributed by atoms with Gasteiger partial charge in [0.15, 0.2) is 0 Å². The smallest absolute Gasteiger partial charge is 0.338 e. The van der Waals surface area contributed by atoms with Crippen LogP contribution in [0.4, 0.5) is 0 Å². The minimum absolute atomic E-state index is 0.251. The van der Waals surface area contributed by atoms with Crippen molar-refractivity contribution in [3.8, 4) is 0 Å². The number of hydrogen-bond donors (Lipinski definition) is 0. The molecule has 0 heterocycles. The van der Waals surface area contributed by atoms with E-state index in [0.29, 0.717) is 5.56 Å². The molecular weight excluding hydrogens is 226 g/mol. The molecule has 0 aromatic heterocycles. The fraction of sp³-hybridized carbons (Fsp3) is 0.467. The van der Waals surface area contributed by atoms with Gasteiger partial charge < -0.3 is 4.74 Å². The Hall–Kier alpha value is -1.64. The van der Waals surface area contributed by atoms with Crippen molar-refractivity contribution in [2.75, 3.05) is 13.2 Å². The Bertz CT molecular complexity index is 360. The van der Waals surface area contributed by atoms with Crippen LogP contribution in [0.3, 0.4) is 0 Å². The lowest BCUT2D eigenvalue weighted by atomic mass is 10.2. The number of benzene rings is 1. The summed E-state index contributed by atoms with van der Waals surface area (Å²) in [6.45, 7) is 3.26. The van der Waals surface area contributed by atoms with Gasteiger partial charge >= 0.3 is 5.97 Å². The highest BCUT2D eigenvalue weighted by Gasteiger charge is 2.03. The van der Waals surface area contributed by atoms with Gasteiger partial charge in [0.2, 0.25) is 0 Å². The Kier molecular flexibility index (Phi) is 7.53. The summed E-state index contributed by atoms with van der Waals surface area (Å²) in [6.07, 6.45) is 6.50. The molecule has 0 atom stereocenters. The summed E-state index contributed by atoms with van der Waals surface area (Å²) in [5, 5.41) is 0. The SMILES string of the molecule is CCCCCCN=CCOC(=O)c1ccccc1. The van der Waals surface area contributed by atoms with Crippen molar-refractivity contribution in [3.05, 3.63) is 35.9 Å². The second kappa shape index (κ2) is 9.40. The zero-order valence-corrected chi connectivity index (χ0v) is 11.0.